The number of primary amides is 1. The molecule has 0 unspecified atom stereocenters. The molecule has 84 valence electrons. The van der Waals surface area contributed by atoms with Gasteiger partial charge in [-0.3, -0.25) is 4.79 Å². The van der Waals surface area contributed by atoms with Crippen LogP contribution < -0.4 is 11.5 Å². The van der Waals surface area contributed by atoms with Crippen LogP contribution in [0.4, 0.5) is 0 Å². The Hall–Kier alpha value is -1.62. The van der Waals surface area contributed by atoms with E-state index in [1.165, 1.54) is 0 Å². The first-order valence-electron chi connectivity index (χ1n) is 4.88. The Bertz CT molecular complexity index is 468. The molecule has 1 fully saturated rings. The van der Waals surface area contributed by atoms with Gasteiger partial charge in [0, 0.05) is 6.20 Å². The molecule has 1 aromatic rings. The van der Waals surface area contributed by atoms with Gasteiger partial charge in [-0.05, 0) is 30.4 Å². The fraction of sp³-hybridized carbons (Fsp3) is 0.300. The number of nitrogens with two attached hydrogens (primary N) is 2. The Balaban J connectivity index is 2.42. The van der Waals surface area contributed by atoms with Crippen molar-refractivity contribution in [3.63, 3.8) is 0 Å². The molecule has 0 aliphatic heterocycles. The lowest BCUT2D eigenvalue weighted by Crippen LogP contribution is -2.15. The van der Waals surface area contributed by atoms with Crippen LogP contribution in [0.5, 0.6) is 0 Å². The van der Waals surface area contributed by atoms with E-state index in [2.05, 4.69) is 10.2 Å². The molecule has 1 amide bonds. The Morgan fingerprint density at radius 2 is 2.19 bits per heavy atom. The fourth-order valence-corrected chi connectivity index (χ4v) is 1.74. The van der Waals surface area contributed by atoms with E-state index in [0.717, 1.165) is 24.6 Å². The largest absolute Gasteiger partial charge is 0.404 e. The highest BCUT2D eigenvalue weighted by molar-refractivity contribution is 6.30. The molecule has 1 heterocycles. The quantitative estimate of drug-likeness (QED) is 0.762. The summed E-state index contributed by atoms with van der Waals surface area (Å²) in [5.41, 5.74) is 11.9. The molecule has 0 aromatic carbocycles. The Morgan fingerprint density at radius 1 is 1.50 bits per heavy atom. The van der Waals surface area contributed by atoms with Crippen LogP contribution in [-0.4, -0.2) is 16.1 Å². The number of aromatic nitrogens is 2. The minimum absolute atomic E-state index is 0.158. The van der Waals surface area contributed by atoms with Crippen molar-refractivity contribution in [1.29, 1.82) is 0 Å². The lowest BCUT2D eigenvalue weighted by atomic mass is 10.1. The molecule has 1 aromatic heterocycles. The summed E-state index contributed by atoms with van der Waals surface area (Å²) in [6.07, 6.45) is 3.31. The Labute approximate surface area is 97.5 Å². The van der Waals surface area contributed by atoms with Gasteiger partial charge in [0.15, 0.2) is 5.15 Å². The maximum Gasteiger partial charge on any atom is 0.252 e. The van der Waals surface area contributed by atoms with Gasteiger partial charge >= 0.3 is 0 Å². The van der Waals surface area contributed by atoms with Crippen molar-refractivity contribution in [2.45, 2.75) is 18.8 Å². The SMILES string of the molecule is N/C=C(\C(N)=O)c1cc(C2CC2)c(Cl)nn1. The van der Waals surface area contributed by atoms with Crippen LogP contribution in [-0.2, 0) is 4.79 Å². The zero-order chi connectivity index (χ0) is 11.7. The van der Waals surface area contributed by atoms with Crippen LogP contribution in [0.1, 0.15) is 30.0 Å². The number of nitrogens with zero attached hydrogens (tertiary/aromatic N) is 2. The standard InChI is InChI=1S/C10H11ClN4O/c11-9-6(5-1-2-5)3-8(14-15-9)7(4-12)10(13)16/h3-5H,1-2,12H2,(H2,13,16)/b7-4-. The van der Waals surface area contributed by atoms with E-state index in [1.54, 1.807) is 6.07 Å². The summed E-state index contributed by atoms with van der Waals surface area (Å²) in [7, 11) is 0. The third-order valence-electron chi connectivity index (χ3n) is 2.50. The van der Waals surface area contributed by atoms with Crippen LogP contribution >= 0.6 is 11.6 Å². The zero-order valence-corrected chi connectivity index (χ0v) is 9.24. The molecule has 0 spiro atoms. The second-order valence-electron chi connectivity index (χ2n) is 3.69. The van der Waals surface area contributed by atoms with Gasteiger partial charge in [-0.25, -0.2) is 0 Å². The van der Waals surface area contributed by atoms with Gasteiger partial charge in [0.1, 0.15) is 5.69 Å². The topological polar surface area (TPSA) is 94.9 Å². The van der Waals surface area contributed by atoms with Crippen molar-refractivity contribution in [2.75, 3.05) is 0 Å². The first kappa shape index (κ1) is 10.9. The molecule has 0 atom stereocenters. The molecule has 1 aliphatic rings. The van der Waals surface area contributed by atoms with Gasteiger partial charge in [-0.15, -0.1) is 10.2 Å². The van der Waals surface area contributed by atoms with E-state index in [1.807, 2.05) is 0 Å². The number of carbonyl (C=O) groups is 1. The molecule has 16 heavy (non-hydrogen) atoms. The summed E-state index contributed by atoms with van der Waals surface area (Å²) < 4.78 is 0. The van der Waals surface area contributed by atoms with Crippen LogP contribution in [0.2, 0.25) is 5.15 Å². The molecule has 1 saturated carbocycles. The minimum atomic E-state index is -0.624. The predicted molar refractivity (Wildman–Crippen MR) is 60.4 cm³/mol. The third-order valence-corrected chi connectivity index (χ3v) is 2.80. The van der Waals surface area contributed by atoms with E-state index in [9.17, 15) is 4.79 Å². The molecule has 0 bridgehead atoms. The third kappa shape index (κ3) is 1.99. The molecule has 4 N–H and O–H groups in total. The average molecular weight is 239 g/mol. The van der Waals surface area contributed by atoms with Gasteiger partial charge < -0.3 is 11.5 Å². The van der Waals surface area contributed by atoms with Gasteiger partial charge in [-0.1, -0.05) is 11.6 Å². The molecule has 5 nitrogen and oxygen atoms in total. The number of rotatable bonds is 3. The molecular formula is C10H11ClN4O. The maximum absolute atomic E-state index is 11.1. The number of hydrogen-bond donors (Lipinski definition) is 2. The number of carbonyl (C=O) groups excluding carboxylic acids is 1. The number of halogens is 1. The van der Waals surface area contributed by atoms with Gasteiger partial charge in [0.05, 0.1) is 5.57 Å². The Morgan fingerprint density at radius 3 is 2.69 bits per heavy atom. The van der Waals surface area contributed by atoms with Crippen LogP contribution in [0.3, 0.4) is 0 Å². The Kier molecular flexibility index (Phi) is 2.78. The summed E-state index contributed by atoms with van der Waals surface area (Å²) in [4.78, 5) is 11.1. The van der Waals surface area contributed by atoms with Gasteiger partial charge in [-0.2, -0.15) is 0 Å². The van der Waals surface area contributed by atoms with Gasteiger partial charge in [0.25, 0.3) is 5.91 Å². The lowest BCUT2D eigenvalue weighted by Gasteiger charge is -2.05. The van der Waals surface area contributed by atoms with Crippen molar-refractivity contribution >= 4 is 23.1 Å². The predicted octanol–water partition coefficient (Wildman–Crippen LogP) is 0.792. The summed E-state index contributed by atoms with van der Waals surface area (Å²) in [6.45, 7) is 0. The second kappa shape index (κ2) is 4.09. The summed E-state index contributed by atoms with van der Waals surface area (Å²) >= 11 is 5.92. The molecular weight excluding hydrogens is 228 g/mol. The van der Waals surface area contributed by atoms with E-state index in [4.69, 9.17) is 23.1 Å². The molecule has 0 saturated heterocycles. The zero-order valence-electron chi connectivity index (χ0n) is 8.48. The smallest absolute Gasteiger partial charge is 0.252 e. The average Bonchev–Trinajstić information content (AvgIpc) is 3.04. The summed E-state index contributed by atoms with van der Waals surface area (Å²) in [5, 5.41) is 7.99. The molecule has 6 heteroatoms. The molecule has 2 rings (SSSR count). The van der Waals surface area contributed by atoms with E-state index in [-0.39, 0.29) is 5.57 Å². The van der Waals surface area contributed by atoms with Crippen LogP contribution in [0, 0.1) is 0 Å². The summed E-state index contributed by atoms with van der Waals surface area (Å²) in [6, 6.07) is 1.73. The van der Waals surface area contributed by atoms with E-state index < -0.39 is 5.91 Å². The molecule has 0 radical (unpaired) electrons. The van der Waals surface area contributed by atoms with Crippen molar-refractivity contribution < 1.29 is 4.79 Å². The first-order valence-corrected chi connectivity index (χ1v) is 5.26. The van der Waals surface area contributed by atoms with E-state index in [0.29, 0.717) is 16.8 Å². The first-order chi connectivity index (χ1) is 7.63. The molecule has 1 aliphatic carbocycles. The highest BCUT2D eigenvalue weighted by Crippen LogP contribution is 2.42. The normalized spacial score (nSPS) is 16.2. The van der Waals surface area contributed by atoms with Crippen molar-refractivity contribution in [1.82, 2.24) is 10.2 Å². The number of hydrogen-bond acceptors (Lipinski definition) is 4. The monoisotopic (exact) mass is 238 g/mol. The van der Waals surface area contributed by atoms with Crippen molar-refractivity contribution in [2.24, 2.45) is 11.5 Å². The van der Waals surface area contributed by atoms with Crippen LogP contribution in [0.25, 0.3) is 5.57 Å². The van der Waals surface area contributed by atoms with Crippen molar-refractivity contribution in [3.05, 3.63) is 28.7 Å². The van der Waals surface area contributed by atoms with Crippen molar-refractivity contribution in [3.8, 4) is 0 Å². The highest BCUT2D eigenvalue weighted by atomic mass is 35.5. The maximum atomic E-state index is 11.1. The minimum Gasteiger partial charge on any atom is -0.404 e. The van der Waals surface area contributed by atoms with E-state index >= 15 is 0 Å². The highest BCUT2D eigenvalue weighted by Gasteiger charge is 2.27. The summed E-state index contributed by atoms with van der Waals surface area (Å²) in [5.74, 6) is -0.200. The second-order valence-corrected chi connectivity index (χ2v) is 4.05. The van der Waals surface area contributed by atoms with Crippen LogP contribution in [0.15, 0.2) is 12.3 Å². The number of amides is 1. The lowest BCUT2D eigenvalue weighted by molar-refractivity contribution is -0.112. The van der Waals surface area contributed by atoms with Gasteiger partial charge in [0.2, 0.25) is 0 Å². The fourth-order valence-electron chi connectivity index (χ4n) is 1.50.